The number of methoxy groups -OCH3 is 1. The molecule has 0 unspecified atom stereocenters. The van der Waals surface area contributed by atoms with Crippen molar-refractivity contribution in [3.8, 4) is 11.5 Å². The number of aliphatic hydroxyl groups excluding tert-OH is 1. The summed E-state index contributed by atoms with van der Waals surface area (Å²) in [5.41, 5.74) is 2.65. The molecule has 0 saturated carbocycles. The highest BCUT2D eigenvalue weighted by Crippen LogP contribution is 2.29. The van der Waals surface area contributed by atoms with Gasteiger partial charge in [-0.1, -0.05) is 19.1 Å². The molecule has 1 N–H and O–H groups in total. The highest BCUT2D eigenvalue weighted by Gasteiger charge is 2.30. The number of carbonyl (C=O) groups is 1. The first-order chi connectivity index (χ1) is 19.1. The average Bonchev–Trinajstić information content (AvgIpc) is 2.94. The van der Waals surface area contributed by atoms with Gasteiger partial charge in [-0.05, 0) is 76.1 Å². The van der Waals surface area contributed by atoms with E-state index in [1.807, 2.05) is 63.2 Å². The van der Waals surface area contributed by atoms with E-state index in [1.54, 1.807) is 12.0 Å². The molecule has 40 heavy (non-hydrogen) atoms. The lowest BCUT2D eigenvalue weighted by atomic mass is 10.0. The molecule has 2 aromatic rings. The number of anilines is 1. The predicted octanol–water partition coefficient (Wildman–Crippen LogP) is 4.69. The molecule has 0 aromatic heterocycles. The summed E-state index contributed by atoms with van der Waals surface area (Å²) in [4.78, 5) is 20.1. The van der Waals surface area contributed by atoms with Gasteiger partial charge in [0.1, 0.15) is 11.5 Å². The zero-order valence-corrected chi connectivity index (χ0v) is 25.4. The van der Waals surface area contributed by atoms with Gasteiger partial charge in [0.15, 0.2) is 0 Å². The van der Waals surface area contributed by atoms with Gasteiger partial charge in [-0.2, -0.15) is 0 Å². The standard InChI is InChI=1S/C32H49N3O5/c1-23-19-35(24(2)22-36)32(37)29-18-27(33(4)5)13-16-30(29)40-25(3)10-8-9-17-39-31(23)21-34(6)20-26-11-14-28(38-7)15-12-26/h11-16,18,23-25,31,36H,8-10,17,19-22H2,1-7H3/t23-,24+,25-,31-/m0/s1. The first kappa shape index (κ1) is 31.7. The molecule has 1 amide bonds. The predicted molar refractivity (Wildman–Crippen MR) is 161 cm³/mol. The van der Waals surface area contributed by atoms with Crippen LogP contribution in [-0.4, -0.2) is 93.6 Å². The lowest BCUT2D eigenvalue weighted by Crippen LogP contribution is -2.47. The van der Waals surface area contributed by atoms with E-state index in [-0.39, 0.29) is 36.7 Å². The maximum atomic E-state index is 14.1. The van der Waals surface area contributed by atoms with Gasteiger partial charge < -0.3 is 29.1 Å². The molecule has 1 heterocycles. The van der Waals surface area contributed by atoms with Crippen LogP contribution in [0.25, 0.3) is 0 Å². The van der Waals surface area contributed by atoms with Crippen LogP contribution in [0.5, 0.6) is 11.5 Å². The van der Waals surface area contributed by atoms with Crippen LogP contribution in [0.1, 0.15) is 56.0 Å². The number of aliphatic hydroxyl groups is 1. The average molecular weight is 556 g/mol. The second-order valence-electron chi connectivity index (χ2n) is 11.4. The minimum atomic E-state index is -0.353. The van der Waals surface area contributed by atoms with E-state index in [0.717, 1.165) is 43.8 Å². The van der Waals surface area contributed by atoms with Crippen molar-refractivity contribution in [3.63, 3.8) is 0 Å². The second kappa shape index (κ2) is 15.3. The monoisotopic (exact) mass is 555 g/mol. The number of rotatable bonds is 8. The van der Waals surface area contributed by atoms with Crippen LogP contribution in [-0.2, 0) is 11.3 Å². The van der Waals surface area contributed by atoms with Gasteiger partial charge in [-0.3, -0.25) is 9.69 Å². The van der Waals surface area contributed by atoms with Crippen molar-refractivity contribution in [2.75, 3.05) is 59.5 Å². The van der Waals surface area contributed by atoms with Crippen LogP contribution in [0.3, 0.4) is 0 Å². The van der Waals surface area contributed by atoms with Crippen LogP contribution in [0.4, 0.5) is 5.69 Å². The summed E-state index contributed by atoms with van der Waals surface area (Å²) in [6.45, 7) is 8.57. The molecule has 0 radical (unpaired) electrons. The van der Waals surface area contributed by atoms with Crippen LogP contribution in [0.2, 0.25) is 0 Å². The SMILES string of the molecule is COc1ccc(CN(C)C[C@@H]2OCCCC[C@H](C)Oc3ccc(N(C)C)cc3C(=O)N([C@H](C)CO)C[C@@H]2C)cc1. The summed E-state index contributed by atoms with van der Waals surface area (Å²) in [6, 6.07) is 13.5. The molecule has 222 valence electrons. The zero-order chi connectivity index (χ0) is 29.2. The van der Waals surface area contributed by atoms with Crippen LogP contribution >= 0.6 is 0 Å². The van der Waals surface area contributed by atoms with Crippen LogP contribution in [0, 0.1) is 5.92 Å². The normalized spacial score (nSPS) is 21.8. The second-order valence-corrected chi connectivity index (χ2v) is 11.4. The Bertz CT molecular complexity index is 1060. The minimum absolute atomic E-state index is 0.0336. The van der Waals surface area contributed by atoms with Crippen molar-refractivity contribution < 1.29 is 24.1 Å². The largest absolute Gasteiger partial charge is 0.497 e. The third kappa shape index (κ3) is 8.85. The summed E-state index contributed by atoms with van der Waals surface area (Å²) in [5, 5.41) is 10.1. The fourth-order valence-corrected chi connectivity index (χ4v) is 5.07. The molecule has 3 rings (SSSR count). The number of likely N-dealkylation sites (N-methyl/N-ethyl adjacent to an activating group) is 1. The fourth-order valence-electron chi connectivity index (χ4n) is 5.07. The molecule has 0 aliphatic carbocycles. The summed E-state index contributed by atoms with van der Waals surface area (Å²) in [7, 11) is 7.69. The van der Waals surface area contributed by atoms with Gasteiger partial charge in [0.05, 0.1) is 37.5 Å². The lowest BCUT2D eigenvalue weighted by molar-refractivity contribution is -0.0177. The van der Waals surface area contributed by atoms with Crippen molar-refractivity contribution >= 4 is 11.6 Å². The minimum Gasteiger partial charge on any atom is -0.497 e. The van der Waals surface area contributed by atoms with Gasteiger partial charge in [0.2, 0.25) is 0 Å². The van der Waals surface area contributed by atoms with Gasteiger partial charge in [-0.15, -0.1) is 0 Å². The maximum Gasteiger partial charge on any atom is 0.258 e. The van der Waals surface area contributed by atoms with Gasteiger partial charge in [-0.25, -0.2) is 0 Å². The van der Waals surface area contributed by atoms with E-state index in [4.69, 9.17) is 14.2 Å². The Labute approximate surface area is 240 Å². The molecule has 8 heteroatoms. The van der Waals surface area contributed by atoms with E-state index < -0.39 is 0 Å². The molecule has 0 fully saturated rings. The number of fused-ring (bicyclic) bond motifs is 1. The highest BCUT2D eigenvalue weighted by molar-refractivity contribution is 5.98. The topological polar surface area (TPSA) is 74.7 Å². The van der Waals surface area contributed by atoms with E-state index in [9.17, 15) is 9.90 Å². The summed E-state index contributed by atoms with van der Waals surface area (Å²) < 4.78 is 18.1. The maximum absolute atomic E-state index is 14.1. The van der Waals surface area contributed by atoms with Crippen LogP contribution < -0.4 is 14.4 Å². The first-order valence-electron chi connectivity index (χ1n) is 14.5. The van der Waals surface area contributed by atoms with E-state index in [2.05, 4.69) is 31.0 Å². The number of ether oxygens (including phenoxy) is 3. The van der Waals surface area contributed by atoms with Crippen molar-refractivity contribution in [3.05, 3.63) is 53.6 Å². The van der Waals surface area contributed by atoms with E-state index in [1.165, 1.54) is 5.56 Å². The Morgan fingerprint density at radius 1 is 1.10 bits per heavy atom. The third-order valence-electron chi connectivity index (χ3n) is 7.65. The third-order valence-corrected chi connectivity index (χ3v) is 7.65. The smallest absolute Gasteiger partial charge is 0.258 e. The number of amides is 1. The first-order valence-corrected chi connectivity index (χ1v) is 14.5. The molecular formula is C32H49N3O5. The van der Waals surface area contributed by atoms with Crippen molar-refractivity contribution in [2.45, 2.75) is 64.8 Å². The molecule has 2 aromatic carbocycles. The summed E-state index contributed by atoms with van der Waals surface area (Å²) in [6.07, 6.45) is 2.70. The number of carbonyl (C=O) groups excluding carboxylic acids is 1. The van der Waals surface area contributed by atoms with Crippen molar-refractivity contribution in [1.29, 1.82) is 0 Å². The molecular weight excluding hydrogens is 506 g/mol. The van der Waals surface area contributed by atoms with E-state index >= 15 is 0 Å². The molecule has 8 nitrogen and oxygen atoms in total. The number of nitrogens with zero attached hydrogens (tertiary/aromatic N) is 3. The Hall–Kier alpha value is -2.81. The number of benzene rings is 2. The van der Waals surface area contributed by atoms with Gasteiger partial charge >= 0.3 is 0 Å². The van der Waals surface area contributed by atoms with Crippen LogP contribution in [0.15, 0.2) is 42.5 Å². The molecule has 1 aliphatic heterocycles. The zero-order valence-electron chi connectivity index (χ0n) is 25.4. The molecule has 0 saturated heterocycles. The molecule has 0 bridgehead atoms. The quantitative estimate of drug-likeness (QED) is 0.507. The van der Waals surface area contributed by atoms with Gasteiger partial charge in [0.25, 0.3) is 5.91 Å². The van der Waals surface area contributed by atoms with Crippen molar-refractivity contribution in [1.82, 2.24) is 9.80 Å². The summed E-state index contributed by atoms with van der Waals surface area (Å²) >= 11 is 0. The number of hydrogen-bond donors (Lipinski definition) is 1. The molecule has 1 aliphatic rings. The molecule has 4 atom stereocenters. The molecule has 0 spiro atoms. The number of hydrogen-bond acceptors (Lipinski definition) is 7. The van der Waals surface area contributed by atoms with Gasteiger partial charge in [0, 0.05) is 51.9 Å². The fraction of sp³-hybridized carbons (Fsp3) is 0.594. The Kier molecular flexibility index (Phi) is 12.1. The Morgan fingerprint density at radius 3 is 2.48 bits per heavy atom. The highest BCUT2D eigenvalue weighted by atomic mass is 16.5. The Morgan fingerprint density at radius 2 is 1.82 bits per heavy atom. The Balaban J connectivity index is 1.87. The van der Waals surface area contributed by atoms with E-state index in [0.29, 0.717) is 24.5 Å². The summed E-state index contributed by atoms with van der Waals surface area (Å²) in [5.74, 6) is 1.34. The lowest BCUT2D eigenvalue weighted by Gasteiger charge is -2.36. The van der Waals surface area contributed by atoms with Crippen molar-refractivity contribution in [2.24, 2.45) is 5.92 Å².